The molecule has 96 valence electrons. The van der Waals surface area contributed by atoms with E-state index in [0.717, 1.165) is 5.69 Å². The lowest BCUT2D eigenvalue weighted by atomic mass is 10.2. The Morgan fingerprint density at radius 2 is 2.29 bits per heavy atom. The lowest BCUT2D eigenvalue weighted by Crippen LogP contribution is -2.37. The summed E-state index contributed by atoms with van der Waals surface area (Å²) < 4.78 is 1.64. The Bertz CT molecular complexity index is 387. The number of likely N-dealkylation sites (N-methyl/N-ethyl adjacent to an activating group) is 1. The molecule has 1 aromatic heterocycles. The van der Waals surface area contributed by atoms with Crippen LogP contribution in [-0.2, 0) is 7.05 Å². The molecule has 1 amide bonds. The predicted octanol–water partition coefficient (Wildman–Crippen LogP) is -0.619. The fourth-order valence-electron chi connectivity index (χ4n) is 1.51. The smallest absolute Gasteiger partial charge is 0.254 e. The molecule has 0 saturated heterocycles. The van der Waals surface area contributed by atoms with Gasteiger partial charge in [-0.2, -0.15) is 5.10 Å². The minimum absolute atomic E-state index is 0.201. The van der Waals surface area contributed by atoms with Crippen molar-refractivity contribution in [2.24, 2.45) is 7.05 Å². The molecule has 2 N–H and O–H groups in total. The normalized spacial score (nSPS) is 12.8. The van der Waals surface area contributed by atoms with Gasteiger partial charge in [-0.15, -0.1) is 0 Å². The average Bonchev–Trinajstić information content (AvgIpc) is 2.55. The number of rotatable bonds is 5. The maximum Gasteiger partial charge on any atom is 0.254 e. The van der Waals surface area contributed by atoms with E-state index in [1.54, 1.807) is 11.7 Å². The highest BCUT2D eigenvalue weighted by Crippen LogP contribution is 2.04. The van der Waals surface area contributed by atoms with Crippen LogP contribution in [0.25, 0.3) is 0 Å². The third-order valence-corrected chi connectivity index (χ3v) is 2.55. The fourth-order valence-corrected chi connectivity index (χ4v) is 1.51. The summed E-state index contributed by atoms with van der Waals surface area (Å²) in [6.07, 6.45) is 0.967. The molecule has 6 nitrogen and oxygen atoms in total. The van der Waals surface area contributed by atoms with Crippen LogP contribution in [0.15, 0.2) is 6.20 Å². The van der Waals surface area contributed by atoms with Crippen molar-refractivity contribution in [3.63, 3.8) is 0 Å². The number of hydrogen-bond donors (Lipinski definition) is 2. The SMILES string of the molecule is Cc1c(C(=O)NCC(O)CN(C)C)cnn1C. The first kappa shape index (κ1) is 13.7. The molecular weight excluding hydrogens is 220 g/mol. The summed E-state index contributed by atoms with van der Waals surface area (Å²) in [6.45, 7) is 2.59. The van der Waals surface area contributed by atoms with Crippen molar-refractivity contribution in [2.75, 3.05) is 27.2 Å². The summed E-state index contributed by atoms with van der Waals surface area (Å²) in [5.41, 5.74) is 1.36. The third-order valence-electron chi connectivity index (χ3n) is 2.55. The molecule has 0 fully saturated rings. The van der Waals surface area contributed by atoms with E-state index in [1.165, 1.54) is 6.20 Å². The minimum atomic E-state index is -0.564. The van der Waals surface area contributed by atoms with E-state index in [-0.39, 0.29) is 12.5 Å². The molecule has 0 spiro atoms. The summed E-state index contributed by atoms with van der Waals surface area (Å²) in [5.74, 6) is -0.201. The standard InChI is InChI=1S/C11H20N4O2/c1-8-10(6-13-15(8)4)11(17)12-5-9(16)7-14(2)3/h6,9,16H,5,7H2,1-4H3,(H,12,17). The number of nitrogens with zero attached hydrogens (tertiary/aromatic N) is 3. The molecule has 1 unspecified atom stereocenters. The van der Waals surface area contributed by atoms with Gasteiger partial charge in [-0.3, -0.25) is 9.48 Å². The second-order valence-electron chi connectivity index (χ2n) is 4.39. The molecule has 0 bridgehead atoms. The monoisotopic (exact) mass is 240 g/mol. The zero-order chi connectivity index (χ0) is 13.0. The van der Waals surface area contributed by atoms with E-state index in [2.05, 4.69) is 10.4 Å². The predicted molar refractivity (Wildman–Crippen MR) is 64.8 cm³/mol. The molecule has 0 aromatic carbocycles. The number of nitrogens with one attached hydrogen (secondary N) is 1. The fraction of sp³-hybridized carbons (Fsp3) is 0.636. The molecule has 1 rings (SSSR count). The first-order valence-corrected chi connectivity index (χ1v) is 5.51. The van der Waals surface area contributed by atoms with Crippen molar-refractivity contribution in [1.29, 1.82) is 0 Å². The van der Waals surface area contributed by atoms with Crippen LogP contribution in [0.1, 0.15) is 16.1 Å². The van der Waals surface area contributed by atoms with Gasteiger partial charge in [-0.1, -0.05) is 0 Å². The maximum atomic E-state index is 11.8. The second-order valence-corrected chi connectivity index (χ2v) is 4.39. The molecule has 0 aliphatic heterocycles. The Morgan fingerprint density at radius 1 is 1.65 bits per heavy atom. The zero-order valence-corrected chi connectivity index (χ0v) is 10.8. The number of hydrogen-bond acceptors (Lipinski definition) is 4. The van der Waals surface area contributed by atoms with Gasteiger partial charge in [0.05, 0.1) is 17.9 Å². The van der Waals surface area contributed by atoms with E-state index in [9.17, 15) is 9.90 Å². The number of carbonyl (C=O) groups excluding carboxylic acids is 1. The van der Waals surface area contributed by atoms with Crippen molar-refractivity contribution in [2.45, 2.75) is 13.0 Å². The largest absolute Gasteiger partial charge is 0.390 e. The second kappa shape index (κ2) is 5.79. The molecule has 1 aromatic rings. The quantitative estimate of drug-likeness (QED) is 0.719. The number of aromatic nitrogens is 2. The Balaban J connectivity index is 2.48. The number of amides is 1. The summed E-state index contributed by atoms with van der Waals surface area (Å²) in [7, 11) is 5.53. The number of aryl methyl sites for hydroxylation is 1. The van der Waals surface area contributed by atoms with E-state index < -0.39 is 6.10 Å². The molecular formula is C11H20N4O2. The highest BCUT2D eigenvalue weighted by atomic mass is 16.3. The topological polar surface area (TPSA) is 70.4 Å². The molecule has 0 aliphatic carbocycles. The van der Waals surface area contributed by atoms with Gasteiger partial charge >= 0.3 is 0 Å². The van der Waals surface area contributed by atoms with Crippen LogP contribution in [0.4, 0.5) is 0 Å². The van der Waals surface area contributed by atoms with Gasteiger partial charge in [0.15, 0.2) is 0 Å². The van der Waals surface area contributed by atoms with Crippen molar-refractivity contribution < 1.29 is 9.90 Å². The van der Waals surface area contributed by atoms with Crippen LogP contribution in [0.3, 0.4) is 0 Å². The lowest BCUT2D eigenvalue weighted by molar-refractivity contribution is 0.0891. The molecule has 6 heteroatoms. The summed E-state index contributed by atoms with van der Waals surface area (Å²) >= 11 is 0. The van der Waals surface area contributed by atoms with Crippen LogP contribution in [0.5, 0.6) is 0 Å². The van der Waals surface area contributed by atoms with Crippen LogP contribution in [0.2, 0.25) is 0 Å². The molecule has 1 heterocycles. The summed E-state index contributed by atoms with van der Waals surface area (Å²) in [6, 6.07) is 0. The Morgan fingerprint density at radius 3 is 2.76 bits per heavy atom. The first-order chi connectivity index (χ1) is 7.91. The van der Waals surface area contributed by atoms with E-state index in [0.29, 0.717) is 12.1 Å². The number of carbonyl (C=O) groups is 1. The maximum absolute atomic E-state index is 11.8. The summed E-state index contributed by atoms with van der Waals surface area (Å²) in [4.78, 5) is 13.6. The van der Waals surface area contributed by atoms with Gasteiger partial charge in [0.2, 0.25) is 0 Å². The summed E-state index contributed by atoms with van der Waals surface area (Å²) in [5, 5.41) is 16.3. The number of aliphatic hydroxyl groups excluding tert-OH is 1. The molecule has 0 radical (unpaired) electrons. The Labute approximate surface area is 101 Å². The molecule has 1 atom stereocenters. The van der Waals surface area contributed by atoms with Crippen molar-refractivity contribution in [3.8, 4) is 0 Å². The minimum Gasteiger partial charge on any atom is -0.390 e. The highest BCUT2D eigenvalue weighted by molar-refractivity contribution is 5.95. The van der Waals surface area contributed by atoms with Gasteiger partial charge in [0.1, 0.15) is 0 Å². The van der Waals surface area contributed by atoms with Gasteiger partial charge in [-0.05, 0) is 21.0 Å². The Hall–Kier alpha value is -1.40. The lowest BCUT2D eigenvalue weighted by Gasteiger charge is -2.16. The zero-order valence-electron chi connectivity index (χ0n) is 10.8. The van der Waals surface area contributed by atoms with Crippen molar-refractivity contribution >= 4 is 5.91 Å². The van der Waals surface area contributed by atoms with Crippen LogP contribution in [0, 0.1) is 6.92 Å². The molecule has 17 heavy (non-hydrogen) atoms. The molecule has 0 aliphatic rings. The average molecular weight is 240 g/mol. The number of aliphatic hydroxyl groups is 1. The van der Waals surface area contributed by atoms with E-state index >= 15 is 0 Å². The van der Waals surface area contributed by atoms with Crippen LogP contribution < -0.4 is 5.32 Å². The van der Waals surface area contributed by atoms with Gasteiger partial charge < -0.3 is 15.3 Å². The van der Waals surface area contributed by atoms with Gasteiger partial charge in [0, 0.05) is 25.8 Å². The molecule has 0 saturated carbocycles. The van der Waals surface area contributed by atoms with Crippen molar-refractivity contribution in [1.82, 2.24) is 20.0 Å². The third kappa shape index (κ3) is 3.83. The van der Waals surface area contributed by atoms with Gasteiger partial charge in [0.25, 0.3) is 5.91 Å². The van der Waals surface area contributed by atoms with E-state index in [1.807, 2.05) is 25.9 Å². The highest BCUT2D eigenvalue weighted by Gasteiger charge is 2.14. The first-order valence-electron chi connectivity index (χ1n) is 5.51. The van der Waals surface area contributed by atoms with Crippen LogP contribution >= 0.6 is 0 Å². The van der Waals surface area contributed by atoms with Gasteiger partial charge in [-0.25, -0.2) is 0 Å². The van der Waals surface area contributed by atoms with Crippen LogP contribution in [-0.4, -0.2) is 59.0 Å². The van der Waals surface area contributed by atoms with Crippen molar-refractivity contribution in [3.05, 3.63) is 17.5 Å². The Kier molecular flexibility index (Phi) is 4.65. The van der Waals surface area contributed by atoms with E-state index in [4.69, 9.17) is 0 Å².